The number of morpholine rings is 1. The molecule has 0 radical (unpaired) electrons. The lowest BCUT2D eigenvalue weighted by atomic mass is 10.2. The van der Waals surface area contributed by atoms with Crippen LogP contribution in [0.25, 0.3) is 0 Å². The van der Waals surface area contributed by atoms with Crippen molar-refractivity contribution in [3.63, 3.8) is 0 Å². The Morgan fingerprint density at radius 2 is 2.28 bits per heavy atom. The second kappa shape index (κ2) is 10.1. The van der Waals surface area contributed by atoms with Crippen molar-refractivity contribution in [2.75, 3.05) is 46.4 Å². The van der Waals surface area contributed by atoms with Gasteiger partial charge in [-0.3, -0.25) is 14.6 Å². The van der Waals surface area contributed by atoms with Gasteiger partial charge in [-0.1, -0.05) is 37.6 Å². The monoisotopic (exact) mass is 367 g/mol. The number of nitrogens with zero attached hydrogens (tertiary/aromatic N) is 2. The Kier molecular flexibility index (Phi) is 8.16. The van der Waals surface area contributed by atoms with Gasteiger partial charge in [-0.25, -0.2) is 0 Å². The Morgan fingerprint density at radius 1 is 1.48 bits per heavy atom. The van der Waals surface area contributed by atoms with E-state index in [0.717, 1.165) is 36.8 Å². The number of ether oxygens (including phenoxy) is 1. The molecule has 0 aliphatic carbocycles. The molecule has 1 amide bonds. The third-order valence-electron chi connectivity index (χ3n) is 4.13. The van der Waals surface area contributed by atoms with Crippen LogP contribution in [0.1, 0.15) is 19.4 Å². The fraction of sp³-hybridized carbons (Fsp3) is 0.632. The van der Waals surface area contributed by atoms with Gasteiger partial charge in [-0.15, -0.1) is 0 Å². The van der Waals surface area contributed by atoms with Gasteiger partial charge in [0.25, 0.3) is 0 Å². The van der Waals surface area contributed by atoms with Crippen LogP contribution in [0.5, 0.6) is 0 Å². The number of hydrogen-bond acceptors (Lipinski definition) is 4. The van der Waals surface area contributed by atoms with Crippen molar-refractivity contribution in [2.45, 2.75) is 26.5 Å². The number of carbonyl (C=O) groups excluding carboxylic acids is 1. The molecule has 5 nitrogen and oxygen atoms in total. The van der Waals surface area contributed by atoms with Crippen molar-refractivity contribution < 1.29 is 9.53 Å². The zero-order chi connectivity index (χ0) is 18.2. The Morgan fingerprint density at radius 3 is 3.00 bits per heavy atom. The van der Waals surface area contributed by atoms with Crippen LogP contribution in [0.15, 0.2) is 24.3 Å². The summed E-state index contributed by atoms with van der Waals surface area (Å²) < 4.78 is 5.77. The molecule has 140 valence electrons. The summed E-state index contributed by atoms with van der Waals surface area (Å²) >= 11 is 6.00. The second-order valence-electron chi connectivity index (χ2n) is 7.25. The molecule has 1 heterocycles. The Hall–Kier alpha value is -1.14. The predicted molar refractivity (Wildman–Crippen MR) is 102 cm³/mol. The molecule has 1 fully saturated rings. The maximum Gasteiger partial charge on any atom is 0.234 e. The van der Waals surface area contributed by atoms with E-state index in [1.54, 1.807) is 0 Å². The summed E-state index contributed by atoms with van der Waals surface area (Å²) in [6.07, 6.45) is 0.0784. The lowest BCUT2D eigenvalue weighted by Crippen LogP contribution is -2.49. The SMILES string of the molecule is CC(C)CN1CCOC(CNC(=O)CN(C)Cc2cccc(Cl)c2)C1. The molecule has 1 aromatic rings. The standard InChI is InChI=1S/C19H30ClN3O2/c1-15(2)11-23-7-8-25-18(13-23)10-21-19(24)14-22(3)12-16-5-4-6-17(20)9-16/h4-6,9,15,18H,7-8,10-14H2,1-3H3,(H,21,24). The molecule has 1 atom stereocenters. The molecule has 25 heavy (non-hydrogen) atoms. The van der Waals surface area contributed by atoms with E-state index in [2.05, 4.69) is 24.1 Å². The first-order valence-corrected chi connectivity index (χ1v) is 9.34. The molecule has 1 N–H and O–H groups in total. The highest BCUT2D eigenvalue weighted by atomic mass is 35.5. The van der Waals surface area contributed by atoms with E-state index in [1.165, 1.54) is 0 Å². The molecular weight excluding hydrogens is 338 g/mol. The van der Waals surface area contributed by atoms with Crippen LogP contribution in [0, 0.1) is 5.92 Å². The number of likely N-dealkylation sites (N-methyl/N-ethyl adjacent to an activating group) is 1. The van der Waals surface area contributed by atoms with Crippen LogP contribution in [0.4, 0.5) is 0 Å². The van der Waals surface area contributed by atoms with Crippen LogP contribution >= 0.6 is 11.6 Å². The zero-order valence-electron chi connectivity index (χ0n) is 15.5. The average molecular weight is 368 g/mol. The van der Waals surface area contributed by atoms with E-state index in [9.17, 15) is 4.79 Å². The van der Waals surface area contributed by atoms with Crippen molar-refractivity contribution in [2.24, 2.45) is 5.92 Å². The van der Waals surface area contributed by atoms with E-state index in [4.69, 9.17) is 16.3 Å². The second-order valence-corrected chi connectivity index (χ2v) is 7.69. The smallest absolute Gasteiger partial charge is 0.234 e. The quantitative estimate of drug-likeness (QED) is 0.765. The molecule has 0 saturated carbocycles. The summed E-state index contributed by atoms with van der Waals surface area (Å²) in [5.74, 6) is 0.669. The molecule has 1 aromatic carbocycles. The van der Waals surface area contributed by atoms with Crippen molar-refractivity contribution in [3.05, 3.63) is 34.9 Å². The number of carbonyl (C=O) groups is 1. The number of hydrogen-bond donors (Lipinski definition) is 1. The van der Waals surface area contributed by atoms with Crippen molar-refractivity contribution in [1.29, 1.82) is 0 Å². The summed E-state index contributed by atoms with van der Waals surface area (Å²) in [5.41, 5.74) is 1.10. The lowest BCUT2D eigenvalue weighted by molar-refractivity contribution is -0.123. The molecule has 1 unspecified atom stereocenters. The topological polar surface area (TPSA) is 44.8 Å². The largest absolute Gasteiger partial charge is 0.374 e. The molecule has 0 aromatic heterocycles. The predicted octanol–water partition coefficient (Wildman–Crippen LogP) is 2.24. The van der Waals surface area contributed by atoms with Gasteiger partial charge in [0, 0.05) is 37.7 Å². The van der Waals surface area contributed by atoms with Gasteiger partial charge >= 0.3 is 0 Å². The summed E-state index contributed by atoms with van der Waals surface area (Å²) in [7, 11) is 1.93. The van der Waals surface area contributed by atoms with E-state index in [0.29, 0.717) is 25.6 Å². The number of rotatable bonds is 8. The Balaban J connectivity index is 1.69. The van der Waals surface area contributed by atoms with Crippen molar-refractivity contribution in [1.82, 2.24) is 15.1 Å². The van der Waals surface area contributed by atoms with Gasteiger partial charge in [-0.2, -0.15) is 0 Å². The molecule has 2 rings (SSSR count). The van der Waals surface area contributed by atoms with Gasteiger partial charge in [0.15, 0.2) is 0 Å². The summed E-state index contributed by atoms with van der Waals surface area (Å²) in [5, 5.41) is 3.71. The van der Waals surface area contributed by atoms with E-state index in [-0.39, 0.29) is 12.0 Å². The third kappa shape index (κ3) is 7.74. The fourth-order valence-electron chi connectivity index (χ4n) is 3.12. The van der Waals surface area contributed by atoms with Gasteiger partial charge in [0.1, 0.15) is 0 Å². The van der Waals surface area contributed by atoms with Gasteiger partial charge < -0.3 is 10.1 Å². The minimum atomic E-state index is 0.0223. The summed E-state index contributed by atoms with van der Waals surface area (Å²) in [6, 6.07) is 7.72. The van der Waals surface area contributed by atoms with Gasteiger partial charge in [-0.05, 0) is 30.7 Å². The lowest BCUT2D eigenvalue weighted by Gasteiger charge is -2.34. The number of halogens is 1. The summed E-state index contributed by atoms with van der Waals surface area (Å²) in [6.45, 7) is 9.74. The highest BCUT2D eigenvalue weighted by molar-refractivity contribution is 6.30. The van der Waals surface area contributed by atoms with E-state index in [1.807, 2.05) is 36.2 Å². The fourth-order valence-corrected chi connectivity index (χ4v) is 3.33. The first kappa shape index (κ1) is 20.2. The molecule has 1 aliphatic rings. The number of benzene rings is 1. The Bertz CT molecular complexity index is 553. The molecule has 0 spiro atoms. The molecular formula is C19H30ClN3O2. The normalized spacial score (nSPS) is 18.7. The van der Waals surface area contributed by atoms with Crippen molar-refractivity contribution >= 4 is 17.5 Å². The molecule has 6 heteroatoms. The molecule has 1 aliphatic heterocycles. The average Bonchev–Trinajstić information content (AvgIpc) is 2.52. The minimum Gasteiger partial charge on any atom is -0.374 e. The summed E-state index contributed by atoms with van der Waals surface area (Å²) in [4.78, 5) is 16.6. The minimum absolute atomic E-state index is 0.0223. The number of amides is 1. The first-order chi connectivity index (χ1) is 11.9. The zero-order valence-corrected chi connectivity index (χ0v) is 16.3. The van der Waals surface area contributed by atoms with Crippen LogP contribution in [0.3, 0.4) is 0 Å². The third-order valence-corrected chi connectivity index (χ3v) is 4.36. The van der Waals surface area contributed by atoms with Crippen LogP contribution in [-0.2, 0) is 16.1 Å². The first-order valence-electron chi connectivity index (χ1n) is 8.96. The highest BCUT2D eigenvalue weighted by Gasteiger charge is 2.21. The Labute approximate surface area is 156 Å². The highest BCUT2D eigenvalue weighted by Crippen LogP contribution is 2.12. The molecule has 1 saturated heterocycles. The van der Waals surface area contributed by atoms with Crippen LogP contribution in [0.2, 0.25) is 5.02 Å². The molecule has 0 bridgehead atoms. The van der Waals surface area contributed by atoms with Crippen LogP contribution in [-0.4, -0.2) is 68.2 Å². The van der Waals surface area contributed by atoms with Gasteiger partial charge in [0.2, 0.25) is 5.91 Å². The number of nitrogens with one attached hydrogen (secondary N) is 1. The van der Waals surface area contributed by atoms with E-state index < -0.39 is 0 Å². The van der Waals surface area contributed by atoms with Crippen molar-refractivity contribution in [3.8, 4) is 0 Å². The van der Waals surface area contributed by atoms with Gasteiger partial charge in [0.05, 0.1) is 19.3 Å². The van der Waals surface area contributed by atoms with Crippen LogP contribution < -0.4 is 5.32 Å². The maximum atomic E-state index is 12.2. The maximum absolute atomic E-state index is 12.2. The van der Waals surface area contributed by atoms with E-state index >= 15 is 0 Å².